The lowest BCUT2D eigenvalue weighted by Crippen LogP contribution is -2.26. The highest BCUT2D eigenvalue weighted by Gasteiger charge is 2.15. The van der Waals surface area contributed by atoms with Gasteiger partial charge in [-0.1, -0.05) is 23.2 Å². The number of carbonyl (C=O) groups is 1. The van der Waals surface area contributed by atoms with E-state index in [2.05, 4.69) is 4.98 Å². The van der Waals surface area contributed by atoms with Gasteiger partial charge in [0.2, 0.25) is 0 Å². The number of hydrogen-bond donors (Lipinski definition) is 0. The van der Waals surface area contributed by atoms with E-state index in [4.69, 9.17) is 23.2 Å². The first-order valence-electron chi connectivity index (χ1n) is 4.11. The smallest absolute Gasteiger partial charge is 0.257 e. The number of hydrogen-bond acceptors (Lipinski definition) is 3. The largest absolute Gasteiger partial charge is 0.332 e. The van der Waals surface area contributed by atoms with Gasteiger partial charge in [0.05, 0.1) is 16.5 Å². The Kier molecular flexibility index (Phi) is 4.70. The number of nitrogens with zero attached hydrogens (tertiary/aromatic N) is 2. The third kappa shape index (κ3) is 3.26. The van der Waals surface area contributed by atoms with Crippen molar-refractivity contribution in [3.05, 3.63) is 28.0 Å². The van der Waals surface area contributed by atoms with Crippen LogP contribution in [0.15, 0.2) is 12.3 Å². The zero-order valence-corrected chi connectivity index (χ0v) is 10.7. The standard InChI is InChI=1S/C9H10Cl2N2OS/c1-13(5-15-2)9(14)6-4-12-8(11)3-7(6)10/h3-4H,5H2,1-2H3. The highest BCUT2D eigenvalue weighted by atomic mass is 35.5. The first-order valence-corrected chi connectivity index (χ1v) is 6.26. The van der Waals surface area contributed by atoms with Crippen molar-refractivity contribution in [1.82, 2.24) is 9.88 Å². The molecular weight excluding hydrogens is 255 g/mol. The Labute approximate surface area is 103 Å². The number of rotatable bonds is 3. The Bertz CT molecular complexity index is 373. The second-order valence-corrected chi connectivity index (χ2v) is 4.54. The van der Waals surface area contributed by atoms with Crippen LogP contribution >= 0.6 is 35.0 Å². The molecule has 0 aliphatic rings. The van der Waals surface area contributed by atoms with Crippen LogP contribution in [0.4, 0.5) is 0 Å². The quantitative estimate of drug-likeness (QED) is 0.622. The topological polar surface area (TPSA) is 33.2 Å². The van der Waals surface area contributed by atoms with Crippen molar-refractivity contribution >= 4 is 40.9 Å². The Balaban J connectivity index is 2.91. The lowest BCUT2D eigenvalue weighted by atomic mass is 10.2. The summed E-state index contributed by atoms with van der Waals surface area (Å²) in [5.74, 6) is 0.455. The zero-order valence-electron chi connectivity index (χ0n) is 8.33. The van der Waals surface area contributed by atoms with Crippen LogP contribution in [0, 0.1) is 0 Å². The Morgan fingerprint density at radius 3 is 2.80 bits per heavy atom. The minimum absolute atomic E-state index is 0.154. The molecule has 1 heterocycles. The number of halogens is 2. The van der Waals surface area contributed by atoms with Gasteiger partial charge in [-0.3, -0.25) is 4.79 Å². The molecule has 0 bridgehead atoms. The van der Waals surface area contributed by atoms with Crippen LogP contribution in [0.1, 0.15) is 10.4 Å². The highest BCUT2D eigenvalue weighted by molar-refractivity contribution is 7.98. The van der Waals surface area contributed by atoms with Crippen molar-refractivity contribution in [3.8, 4) is 0 Å². The lowest BCUT2D eigenvalue weighted by Gasteiger charge is -2.15. The SMILES string of the molecule is CSCN(C)C(=O)c1cnc(Cl)cc1Cl. The fourth-order valence-corrected chi connectivity index (χ4v) is 1.97. The van der Waals surface area contributed by atoms with E-state index >= 15 is 0 Å². The molecular formula is C9H10Cl2N2OS. The molecule has 0 radical (unpaired) electrons. The molecule has 1 amide bonds. The van der Waals surface area contributed by atoms with Crippen molar-refractivity contribution in [3.63, 3.8) is 0 Å². The van der Waals surface area contributed by atoms with Gasteiger partial charge in [0, 0.05) is 13.2 Å². The normalized spacial score (nSPS) is 10.1. The van der Waals surface area contributed by atoms with Crippen molar-refractivity contribution in [1.29, 1.82) is 0 Å². The molecule has 0 fully saturated rings. The van der Waals surface area contributed by atoms with Gasteiger partial charge in [0.25, 0.3) is 5.91 Å². The number of aromatic nitrogens is 1. The molecule has 0 saturated carbocycles. The van der Waals surface area contributed by atoms with Gasteiger partial charge in [-0.05, 0) is 12.3 Å². The summed E-state index contributed by atoms with van der Waals surface area (Å²) in [5.41, 5.74) is 0.373. The van der Waals surface area contributed by atoms with Gasteiger partial charge < -0.3 is 4.90 Å². The van der Waals surface area contributed by atoms with Gasteiger partial charge in [-0.15, -0.1) is 11.8 Å². The predicted octanol–water partition coefficient (Wildman–Crippen LogP) is 2.78. The molecule has 1 rings (SSSR count). The van der Waals surface area contributed by atoms with E-state index in [1.54, 1.807) is 23.7 Å². The molecule has 3 nitrogen and oxygen atoms in total. The fraction of sp³-hybridized carbons (Fsp3) is 0.333. The van der Waals surface area contributed by atoms with Crippen LogP contribution in [-0.2, 0) is 0 Å². The van der Waals surface area contributed by atoms with Crippen LogP contribution in [0.2, 0.25) is 10.2 Å². The number of amides is 1. The van der Waals surface area contributed by atoms with Crippen LogP contribution in [0.5, 0.6) is 0 Å². The third-order valence-electron chi connectivity index (χ3n) is 1.72. The van der Waals surface area contributed by atoms with Crippen molar-refractivity contribution in [2.75, 3.05) is 19.2 Å². The van der Waals surface area contributed by atoms with E-state index in [9.17, 15) is 4.79 Å². The zero-order chi connectivity index (χ0) is 11.4. The summed E-state index contributed by atoms with van der Waals surface area (Å²) >= 11 is 13.1. The van der Waals surface area contributed by atoms with E-state index in [-0.39, 0.29) is 11.1 Å². The van der Waals surface area contributed by atoms with Gasteiger partial charge in [0.15, 0.2) is 0 Å². The Morgan fingerprint density at radius 1 is 1.60 bits per heavy atom. The minimum atomic E-state index is -0.154. The number of carbonyl (C=O) groups excluding carboxylic acids is 1. The second-order valence-electron chi connectivity index (χ2n) is 2.91. The van der Waals surface area contributed by atoms with Gasteiger partial charge in [-0.2, -0.15) is 0 Å². The number of thioether (sulfide) groups is 1. The summed E-state index contributed by atoms with van der Waals surface area (Å²) in [6.07, 6.45) is 3.31. The van der Waals surface area contributed by atoms with E-state index in [1.165, 1.54) is 12.3 Å². The Morgan fingerprint density at radius 2 is 2.27 bits per heavy atom. The molecule has 0 aromatic carbocycles. The van der Waals surface area contributed by atoms with E-state index in [0.717, 1.165) is 0 Å². The maximum atomic E-state index is 11.8. The maximum absolute atomic E-state index is 11.8. The lowest BCUT2D eigenvalue weighted by molar-refractivity contribution is 0.0820. The molecule has 0 atom stereocenters. The summed E-state index contributed by atoms with van der Waals surface area (Å²) in [7, 11) is 1.71. The van der Waals surface area contributed by atoms with Crippen LogP contribution in [0.25, 0.3) is 0 Å². The summed E-state index contributed by atoms with van der Waals surface area (Å²) in [6.45, 7) is 0. The molecule has 1 aromatic rings. The molecule has 82 valence electrons. The average molecular weight is 265 g/mol. The number of pyridine rings is 1. The van der Waals surface area contributed by atoms with Crippen molar-refractivity contribution in [2.24, 2.45) is 0 Å². The summed E-state index contributed by atoms with van der Waals surface area (Å²) in [6, 6.07) is 1.46. The van der Waals surface area contributed by atoms with E-state index < -0.39 is 0 Å². The molecule has 1 aromatic heterocycles. The summed E-state index contributed by atoms with van der Waals surface area (Å²) < 4.78 is 0. The Hall–Kier alpha value is -0.450. The summed E-state index contributed by atoms with van der Waals surface area (Å²) in [5, 5.41) is 0.608. The molecule has 6 heteroatoms. The van der Waals surface area contributed by atoms with Crippen LogP contribution in [0.3, 0.4) is 0 Å². The van der Waals surface area contributed by atoms with Gasteiger partial charge in [0.1, 0.15) is 5.15 Å². The average Bonchev–Trinajstić information content (AvgIpc) is 2.17. The molecule has 0 spiro atoms. The maximum Gasteiger partial charge on any atom is 0.257 e. The van der Waals surface area contributed by atoms with Gasteiger partial charge in [-0.25, -0.2) is 4.98 Å². The van der Waals surface area contributed by atoms with Gasteiger partial charge >= 0.3 is 0 Å². The molecule has 0 N–H and O–H groups in total. The molecule has 0 saturated heterocycles. The van der Waals surface area contributed by atoms with Crippen LogP contribution in [-0.4, -0.2) is 35.0 Å². The van der Waals surface area contributed by atoms with Crippen molar-refractivity contribution < 1.29 is 4.79 Å². The van der Waals surface area contributed by atoms with Crippen molar-refractivity contribution in [2.45, 2.75) is 0 Å². The highest BCUT2D eigenvalue weighted by Crippen LogP contribution is 2.20. The van der Waals surface area contributed by atoms with Crippen LogP contribution < -0.4 is 0 Å². The first kappa shape index (κ1) is 12.6. The molecule has 15 heavy (non-hydrogen) atoms. The predicted molar refractivity (Wildman–Crippen MR) is 64.7 cm³/mol. The molecule has 0 aliphatic carbocycles. The minimum Gasteiger partial charge on any atom is -0.332 e. The first-order chi connectivity index (χ1) is 7.06. The van der Waals surface area contributed by atoms with E-state index in [0.29, 0.717) is 16.5 Å². The second kappa shape index (κ2) is 5.58. The molecule has 0 unspecified atom stereocenters. The third-order valence-corrected chi connectivity index (χ3v) is 2.88. The summed E-state index contributed by atoms with van der Waals surface area (Å²) in [4.78, 5) is 17.2. The fourth-order valence-electron chi connectivity index (χ4n) is 1.02. The van der Waals surface area contributed by atoms with E-state index in [1.807, 2.05) is 6.26 Å². The molecule has 0 aliphatic heterocycles. The monoisotopic (exact) mass is 264 g/mol.